The summed E-state index contributed by atoms with van der Waals surface area (Å²) >= 11 is 0. The zero-order chi connectivity index (χ0) is 29.7. The van der Waals surface area contributed by atoms with Crippen LogP contribution in [0, 0.1) is 0 Å². The lowest BCUT2D eigenvalue weighted by Gasteiger charge is -2.29. The molecular weight excluding hydrogens is 567 g/mol. The number of morpholine rings is 1. The van der Waals surface area contributed by atoms with Crippen LogP contribution >= 0.6 is 0 Å². The van der Waals surface area contributed by atoms with Crippen LogP contribution in [0.5, 0.6) is 5.75 Å². The third-order valence-corrected chi connectivity index (χ3v) is 8.30. The molecular formula is C27H32F3N3O7S. The third kappa shape index (κ3) is 7.97. The van der Waals surface area contributed by atoms with Crippen molar-refractivity contribution in [2.75, 3.05) is 46.1 Å². The van der Waals surface area contributed by atoms with Gasteiger partial charge in [-0.2, -0.15) is 17.5 Å². The fourth-order valence-corrected chi connectivity index (χ4v) is 5.76. The minimum atomic E-state index is -4.44. The molecule has 10 nitrogen and oxygen atoms in total. The van der Waals surface area contributed by atoms with E-state index in [4.69, 9.17) is 18.9 Å². The van der Waals surface area contributed by atoms with Crippen LogP contribution in [0.2, 0.25) is 0 Å². The van der Waals surface area contributed by atoms with Crippen molar-refractivity contribution in [3.05, 3.63) is 65.2 Å². The number of nitrogens with one attached hydrogen (secondary N) is 1. The maximum atomic E-state index is 13.3. The second-order valence-electron chi connectivity index (χ2n) is 9.84. The molecule has 2 heterocycles. The third-order valence-electron chi connectivity index (χ3n) is 6.35. The molecule has 2 atom stereocenters. The Balaban J connectivity index is 1.44. The van der Waals surface area contributed by atoms with Gasteiger partial charge in [-0.25, -0.2) is 13.4 Å². The second kappa shape index (κ2) is 12.8. The minimum absolute atomic E-state index is 0.0903. The lowest BCUT2D eigenvalue weighted by molar-refractivity contribution is -0.143. The summed E-state index contributed by atoms with van der Waals surface area (Å²) in [5, 5.41) is 2.98. The van der Waals surface area contributed by atoms with Gasteiger partial charge in [0, 0.05) is 25.2 Å². The summed E-state index contributed by atoms with van der Waals surface area (Å²) in [5.41, 5.74) is -1.71. The first-order valence-electron chi connectivity index (χ1n) is 13.0. The second-order valence-corrected chi connectivity index (χ2v) is 11.9. The van der Waals surface area contributed by atoms with Crippen molar-refractivity contribution in [2.24, 2.45) is 4.99 Å². The van der Waals surface area contributed by atoms with Gasteiger partial charge in [0.2, 0.25) is 15.9 Å². The zero-order valence-electron chi connectivity index (χ0n) is 22.6. The van der Waals surface area contributed by atoms with Gasteiger partial charge >= 0.3 is 12.1 Å². The molecule has 1 fully saturated rings. The average Bonchev–Trinajstić information content (AvgIpc) is 3.34. The van der Waals surface area contributed by atoms with E-state index in [1.807, 2.05) is 0 Å². The molecule has 0 saturated carbocycles. The highest BCUT2D eigenvalue weighted by Gasteiger charge is 2.37. The van der Waals surface area contributed by atoms with Crippen molar-refractivity contribution in [3.8, 4) is 5.75 Å². The summed E-state index contributed by atoms with van der Waals surface area (Å²) in [7, 11) is -4.02. The number of benzene rings is 2. The normalized spacial score (nSPS) is 21.3. The minimum Gasteiger partial charge on any atom is -0.491 e. The highest BCUT2D eigenvalue weighted by molar-refractivity contribution is 7.89. The predicted molar refractivity (Wildman–Crippen MR) is 143 cm³/mol. The summed E-state index contributed by atoms with van der Waals surface area (Å²) in [6.07, 6.45) is -4.44. The lowest BCUT2D eigenvalue weighted by Crippen LogP contribution is -2.50. The van der Waals surface area contributed by atoms with Crippen molar-refractivity contribution in [1.29, 1.82) is 0 Å². The number of alkyl halides is 3. The SMILES string of the molecule is CCOC(=O)CN(Cc1cccc(OCC2(C)COC(c3ccc(C(F)(F)F)cc3)=N2)c1)S(=O)(=O)C1CNCCO1. The van der Waals surface area contributed by atoms with E-state index in [0.29, 0.717) is 23.4 Å². The fraction of sp³-hybridized carbons (Fsp3) is 0.481. The van der Waals surface area contributed by atoms with E-state index >= 15 is 0 Å². The number of rotatable bonds is 11. The van der Waals surface area contributed by atoms with Crippen LogP contribution < -0.4 is 10.1 Å². The van der Waals surface area contributed by atoms with Crippen LogP contribution in [-0.4, -0.2) is 81.6 Å². The summed E-state index contributed by atoms with van der Waals surface area (Å²) < 4.78 is 88.3. The van der Waals surface area contributed by atoms with Crippen molar-refractivity contribution in [1.82, 2.24) is 9.62 Å². The van der Waals surface area contributed by atoms with Gasteiger partial charge in [-0.15, -0.1) is 0 Å². The van der Waals surface area contributed by atoms with Crippen LogP contribution in [0.25, 0.3) is 0 Å². The first kappa shape index (κ1) is 30.8. The molecule has 2 aromatic rings. The van der Waals surface area contributed by atoms with E-state index in [1.165, 1.54) is 12.1 Å². The molecule has 2 aliphatic rings. The number of hydrogen-bond donors (Lipinski definition) is 1. The quantitative estimate of drug-likeness (QED) is 0.392. The topological polar surface area (TPSA) is 116 Å². The summed E-state index contributed by atoms with van der Waals surface area (Å²) in [6, 6.07) is 11.3. The molecule has 0 amide bonds. The molecule has 41 heavy (non-hydrogen) atoms. The molecule has 0 spiro atoms. The fourth-order valence-electron chi connectivity index (χ4n) is 4.22. The molecule has 0 aliphatic carbocycles. The Morgan fingerprint density at radius 3 is 2.63 bits per heavy atom. The molecule has 4 rings (SSSR count). The molecule has 1 N–H and O–H groups in total. The molecule has 0 bridgehead atoms. The van der Waals surface area contributed by atoms with Gasteiger partial charge in [0.25, 0.3) is 0 Å². The number of aliphatic imine (C=N–C) groups is 1. The summed E-state index contributed by atoms with van der Waals surface area (Å²) in [6.45, 7) is 4.06. The van der Waals surface area contributed by atoms with Gasteiger partial charge in [-0.3, -0.25) is 4.79 Å². The number of carbonyl (C=O) groups excluding carboxylic acids is 1. The number of halogens is 3. The first-order valence-corrected chi connectivity index (χ1v) is 14.5. The number of hydrogen-bond acceptors (Lipinski definition) is 9. The number of esters is 1. The summed E-state index contributed by atoms with van der Waals surface area (Å²) in [5.74, 6) is -0.0214. The molecule has 2 aliphatic heterocycles. The molecule has 14 heteroatoms. The Hall–Kier alpha value is -3.20. The maximum absolute atomic E-state index is 13.3. The highest BCUT2D eigenvalue weighted by atomic mass is 32.2. The van der Waals surface area contributed by atoms with Gasteiger partial charge in [-0.05, 0) is 55.8 Å². The average molecular weight is 600 g/mol. The molecule has 1 saturated heterocycles. The monoisotopic (exact) mass is 599 g/mol. The van der Waals surface area contributed by atoms with E-state index in [1.54, 1.807) is 38.1 Å². The highest BCUT2D eigenvalue weighted by Crippen LogP contribution is 2.30. The standard InChI is InChI=1S/C27H32F3N3O7S/c1-3-37-23(34)16-33(41(35,36)24-14-31-11-12-38-24)15-19-5-4-6-22(13-19)39-17-26(2)18-40-25(32-26)20-7-9-21(10-8-20)27(28,29)30/h4-10,13,24,31H,3,11-12,14-18H2,1-2H3. The first-order chi connectivity index (χ1) is 19.4. The maximum Gasteiger partial charge on any atom is 0.416 e. The van der Waals surface area contributed by atoms with Crippen molar-refractivity contribution >= 4 is 21.9 Å². The van der Waals surface area contributed by atoms with Crippen molar-refractivity contribution < 1.29 is 45.3 Å². The Labute approximate surface area is 236 Å². The van der Waals surface area contributed by atoms with Gasteiger partial charge in [-0.1, -0.05) is 12.1 Å². The van der Waals surface area contributed by atoms with Gasteiger partial charge in [0.15, 0.2) is 5.44 Å². The van der Waals surface area contributed by atoms with Gasteiger partial charge < -0.3 is 24.3 Å². The number of sulfonamides is 1. The van der Waals surface area contributed by atoms with Gasteiger partial charge in [0.1, 0.15) is 31.0 Å². The Morgan fingerprint density at radius 2 is 1.98 bits per heavy atom. The van der Waals surface area contributed by atoms with E-state index in [0.717, 1.165) is 16.4 Å². The van der Waals surface area contributed by atoms with Crippen LogP contribution in [-0.2, 0) is 41.7 Å². The summed E-state index contributed by atoms with van der Waals surface area (Å²) in [4.78, 5) is 16.8. The van der Waals surface area contributed by atoms with Crippen molar-refractivity contribution in [2.45, 2.75) is 37.5 Å². The van der Waals surface area contributed by atoms with Crippen molar-refractivity contribution in [3.63, 3.8) is 0 Å². The predicted octanol–water partition coefficient (Wildman–Crippen LogP) is 2.96. The largest absolute Gasteiger partial charge is 0.491 e. The Kier molecular flexibility index (Phi) is 9.57. The Morgan fingerprint density at radius 1 is 1.22 bits per heavy atom. The smallest absolute Gasteiger partial charge is 0.416 e. The van der Waals surface area contributed by atoms with E-state index in [-0.39, 0.29) is 45.4 Å². The number of ether oxygens (including phenoxy) is 4. The molecule has 0 aromatic heterocycles. The van der Waals surface area contributed by atoms with E-state index in [9.17, 15) is 26.4 Å². The molecule has 2 unspecified atom stereocenters. The molecule has 224 valence electrons. The number of nitrogens with zero attached hydrogens (tertiary/aromatic N) is 2. The van der Waals surface area contributed by atoms with Crippen LogP contribution in [0.3, 0.4) is 0 Å². The number of carbonyl (C=O) groups is 1. The molecule has 2 aromatic carbocycles. The van der Waals surface area contributed by atoms with Gasteiger partial charge in [0.05, 0.1) is 18.8 Å². The van der Waals surface area contributed by atoms with E-state index in [2.05, 4.69) is 10.3 Å². The van der Waals surface area contributed by atoms with E-state index < -0.39 is 45.3 Å². The van der Waals surface area contributed by atoms with Crippen LogP contribution in [0.4, 0.5) is 13.2 Å². The Bertz CT molecular complexity index is 1350. The zero-order valence-corrected chi connectivity index (χ0v) is 23.5. The van der Waals surface area contributed by atoms with Crippen LogP contribution in [0.1, 0.15) is 30.5 Å². The molecule has 0 radical (unpaired) electrons. The lowest BCUT2D eigenvalue weighted by atomic mass is 10.1. The van der Waals surface area contributed by atoms with Crippen LogP contribution in [0.15, 0.2) is 53.5 Å².